The largest absolute Gasteiger partial charge is 0.311 e. The van der Waals surface area contributed by atoms with Gasteiger partial charge in [-0.15, -0.1) is 0 Å². The number of thioether (sulfide) groups is 1. The third-order valence-corrected chi connectivity index (χ3v) is 2.77. The van der Waals surface area contributed by atoms with E-state index in [0.29, 0.717) is 5.54 Å². The molecule has 0 saturated heterocycles. The van der Waals surface area contributed by atoms with E-state index in [-0.39, 0.29) is 0 Å². The monoisotopic (exact) mass is 159 g/mol. The molecule has 0 amide bonds. The summed E-state index contributed by atoms with van der Waals surface area (Å²) in [6.45, 7) is 3.52. The van der Waals surface area contributed by atoms with Crippen LogP contribution in [-0.2, 0) is 0 Å². The molecule has 0 heterocycles. The van der Waals surface area contributed by atoms with Crippen molar-refractivity contribution in [3.8, 4) is 0 Å². The molecular weight excluding hydrogens is 142 g/mol. The molecule has 1 fully saturated rings. The highest BCUT2D eigenvalue weighted by Crippen LogP contribution is 2.33. The van der Waals surface area contributed by atoms with Crippen molar-refractivity contribution >= 4 is 11.8 Å². The molecule has 0 aromatic carbocycles. The van der Waals surface area contributed by atoms with Gasteiger partial charge in [-0.1, -0.05) is 0 Å². The second-order valence-corrected chi connectivity index (χ2v) is 4.32. The molecule has 60 valence electrons. The van der Waals surface area contributed by atoms with Crippen LogP contribution in [0, 0.1) is 0 Å². The van der Waals surface area contributed by atoms with Gasteiger partial charge in [-0.25, -0.2) is 0 Å². The fourth-order valence-electron chi connectivity index (χ4n) is 0.971. The van der Waals surface area contributed by atoms with Crippen LogP contribution in [-0.4, -0.2) is 24.1 Å². The summed E-state index contributed by atoms with van der Waals surface area (Å²) in [7, 11) is 0. The van der Waals surface area contributed by atoms with E-state index in [1.807, 2.05) is 11.8 Å². The fourth-order valence-corrected chi connectivity index (χ4v) is 1.40. The maximum atomic E-state index is 3.55. The van der Waals surface area contributed by atoms with Gasteiger partial charge in [0, 0.05) is 5.54 Å². The van der Waals surface area contributed by atoms with Crippen molar-refractivity contribution in [3.63, 3.8) is 0 Å². The van der Waals surface area contributed by atoms with E-state index in [1.54, 1.807) is 0 Å². The first-order valence-corrected chi connectivity index (χ1v) is 5.40. The SMILES string of the molecule is CSCCCNC1(C)CC1. The molecule has 1 nitrogen and oxygen atoms in total. The molecule has 1 rings (SSSR count). The van der Waals surface area contributed by atoms with E-state index in [9.17, 15) is 0 Å². The van der Waals surface area contributed by atoms with Gasteiger partial charge in [-0.05, 0) is 44.7 Å². The summed E-state index contributed by atoms with van der Waals surface area (Å²) < 4.78 is 0. The molecule has 0 aromatic heterocycles. The first kappa shape index (κ1) is 8.41. The maximum absolute atomic E-state index is 3.55. The Morgan fingerprint density at radius 3 is 2.70 bits per heavy atom. The quantitative estimate of drug-likeness (QED) is 0.615. The van der Waals surface area contributed by atoms with Crippen LogP contribution in [0.25, 0.3) is 0 Å². The minimum absolute atomic E-state index is 0.540. The van der Waals surface area contributed by atoms with Crippen LogP contribution in [0.1, 0.15) is 26.2 Å². The normalized spacial score (nSPS) is 21.0. The highest BCUT2D eigenvalue weighted by Gasteiger charge is 2.35. The Balaban J connectivity index is 1.86. The average Bonchev–Trinajstić information content (AvgIpc) is 2.62. The Morgan fingerprint density at radius 1 is 1.50 bits per heavy atom. The molecule has 1 saturated carbocycles. The smallest absolute Gasteiger partial charge is 0.0154 e. The predicted octanol–water partition coefficient (Wildman–Crippen LogP) is 1.88. The van der Waals surface area contributed by atoms with Gasteiger partial charge in [0.2, 0.25) is 0 Å². The molecule has 0 aliphatic heterocycles. The lowest BCUT2D eigenvalue weighted by Gasteiger charge is -2.09. The zero-order valence-electron chi connectivity index (χ0n) is 6.94. The summed E-state index contributed by atoms with van der Waals surface area (Å²) >= 11 is 1.93. The van der Waals surface area contributed by atoms with Crippen LogP contribution in [0.2, 0.25) is 0 Å². The summed E-state index contributed by atoms with van der Waals surface area (Å²) in [6, 6.07) is 0. The van der Waals surface area contributed by atoms with Crippen molar-refractivity contribution < 1.29 is 0 Å². The van der Waals surface area contributed by atoms with E-state index >= 15 is 0 Å². The topological polar surface area (TPSA) is 12.0 Å². The molecule has 1 N–H and O–H groups in total. The van der Waals surface area contributed by atoms with Crippen molar-refractivity contribution in [2.75, 3.05) is 18.6 Å². The molecule has 1 aliphatic rings. The third kappa shape index (κ3) is 2.93. The predicted molar refractivity (Wildman–Crippen MR) is 48.6 cm³/mol. The van der Waals surface area contributed by atoms with E-state index < -0.39 is 0 Å². The Morgan fingerprint density at radius 2 is 2.20 bits per heavy atom. The number of hydrogen-bond donors (Lipinski definition) is 1. The lowest BCUT2D eigenvalue weighted by molar-refractivity contribution is 0.538. The van der Waals surface area contributed by atoms with Crippen LogP contribution in [0.4, 0.5) is 0 Å². The van der Waals surface area contributed by atoms with E-state index in [1.165, 1.54) is 31.6 Å². The molecule has 0 radical (unpaired) electrons. The van der Waals surface area contributed by atoms with E-state index in [4.69, 9.17) is 0 Å². The van der Waals surface area contributed by atoms with Gasteiger partial charge in [-0.3, -0.25) is 0 Å². The molecule has 0 aromatic rings. The van der Waals surface area contributed by atoms with Gasteiger partial charge in [0.15, 0.2) is 0 Å². The van der Waals surface area contributed by atoms with Gasteiger partial charge in [0.25, 0.3) is 0 Å². The van der Waals surface area contributed by atoms with Crippen LogP contribution < -0.4 is 5.32 Å². The molecule has 10 heavy (non-hydrogen) atoms. The molecule has 0 bridgehead atoms. The summed E-state index contributed by atoms with van der Waals surface area (Å²) in [6.07, 6.45) is 6.24. The fraction of sp³-hybridized carbons (Fsp3) is 1.00. The zero-order valence-corrected chi connectivity index (χ0v) is 7.76. The van der Waals surface area contributed by atoms with Crippen molar-refractivity contribution in [1.82, 2.24) is 5.32 Å². The molecular formula is C8H17NS. The highest BCUT2D eigenvalue weighted by molar-refractivity contribution is 7.98. The summed E-state index contributed by atoms with van der Waals surface area (Å²) in [4.78, 5) is 0. The summed E-state index contributed by atoms with van der Waals surface area (Å²) in [5.41, 5.74) is 0.540. The lowest BCUT2D eigenvalue weighted by Crippen LogP contribution is -2.28. The van der Waals surface area contributed by atoms with Crippen molar-refractivity contribution in [3.05, 3.63) is 0 Å². The molecule has 0 atom stereocenters. The maximum Gasteiger partial charge on any atom is 0.0154 e. The first-order chi connectivity index (χ1) is 4.77. The van der Waals surface area contributed by atoms with Gasteiger partial charge in [0.05, 0.1) is 0 Å². The molecule has 0 unspecified atom stereocenters. The number of hydrogen-bond acceptors (Lipinski definition) is 2. The number of nitrogens with one attached hydrogen (secondary N) is 1. The second kappa shape index (κ2) is 3.63. The van der Waals surface area contributed by atoms with Crippen LogP contribution in [0.5, 0.6) is 0 Å². The minimum Gasteiger partial charge on any atom is -0.311 e. The Labute approximate surface area is 68.0 Å². The van der Waals surface area contributed by atoms with Gasteiger partial charge >= 0.3 is 0 Å². The highest BCUT2D eigenvalue weighted by atomic mass is 32.2. The summed E-state index contributed by atoms with van der Waals surface area (Å²) in [5.74, 6) is 1.29. The standard InChI is InChI=1S/C8H17NS/c1-8(4-5-8)9-6-3-7-10-2/h9H,3-7H2,1-2H3. The summed E-state index contributed by atoms with van der Waals surface area (Å²) in [5, 5.41) is 3.55. The van der Waals surface area contributed by atoms with Crippen molar-refractivity contribution in [2.45, 2.75) is 31.7 Å². The average molecular weight is 159 g/mol. The lowest BCUT2D eigenvalue weighted by atomic mass is 10.3. The van der Waals surface area contributed by atoms with Crippen LogP contribution >= 0.6 is 11.8 Å². The van der Waals surface area contributed by atoms with E-state index in [0.717, 1.165) is 0 Å². The second-order valence-electron chi connectivity index (χ2n) is 3.33. The Kier molecular flexibility index (Phi) is 3.05. The molecule has 0 spiro atoms. The first-order valence-electron chi connectivity index (χ1n) is 4.01. The van der Waals surface area contributed by atoms with Gasteiger partial charge in [-0.2, -0.15) is 11.8 Å². The molecule has 2 heteroatoms. The van der Waals surface area contributed by atoms with E-state index in [2.05, 4.69) is 18.5 Å². The van der Waals surface area contributed by atoms with Crippen molar-refractivity contribution in [1.29, 1.82) is 0 Å². The van der Waals surface area contributed by atoms with Gasteiger partial charge < -0.3 is 5.32 Å². The number of rotatable bonds is 5. The Hall–Kier alpha value is 0.310. The van der Waals surface area contributed by atoms with Gasteiger partial charge in [0.1, 0.15) is 0 Å². The van der Waals surface area contributed by atoms with Crippen LogP contribution in [0.15, 0.2) is 0 Å². The third-order valence-electron chi connectivity index (χ3n) is 2.08. The Bertz CT molecular complexity index is 99.4. The zero-order chi connectivity index (χ0) is 7.45. The minimum atomic E-state index is 0.540. The van der Waals surface area contributed by atoms with Crippen LogP contribution in [0.3, 0.4) is 0 Å². The van der Waals surface area contributed by atoms with Crippen molar-refractivity contribution in [2.24, 2.45) is 0 Å². The molecule has 1 aliphatic carbocycles.